The van der Waals surface area contributed by atoms with Gasteiger partial charge < -0.3 is 10.6 Å². The summed E-state index contributed by atoms with van der Waals surface area (Å²) in [7, 11) is 1.84. The van der Waals surface area contributed by atoms with E-state index in [1.807, 2.05) is 31.4 Å². The van der Waals surface area contributed by atoms with Crippen molar-refractivity contribution in [3.63, 3.8) is 0 Å². The van der Waals surface area contributed by atoms with E-state index in [4.69, 9.17) is 0 Å². The second kappa shape index (κ2) is 8.45. The lowest BCUT2D eigenvalue weighted by atomic mass is 10.0. The zero-order valence-corrected chi connectivity index (χ0v) is 16.5. The van der Waals surface area contributed by atoms with Crippen LogP contribution in [-0.2, 0) is 29.7 Å². The Balaban J connectivity index is 1.45. The molecular weight excluding hydrogens is 366 g/mol. The minimum absolute atomic E-state index is 0.0898. The largest absolute Gasteiger partial charge is 0.353 e. The molecule has 7 nitrogen and oxygen atoms in total. The van der Waals surface area contributed by atoms with Crippen LogP contribution in [0.3, 0.4) is 0 Å². The minimum atomic E-state index is -0.475. The molecule has 150 valence electrons. The molecule has 1 unspecified atom stereocenters. The van der Waals surface area contributed by atoms with Crippen molar-refractivity contribution in [2.45, 2.75) is 25.6 Å². The van der Waals surface area contributed by atoms with Crippen molar-refractivity contribution >= 4 is 22.6 Å². The first kappa shape index (κ1) is 19.1. The number of carbonyl (C=O) groups excluding carboxylic acids is 2. The summed E-state index contributed by atoms with van der Waals surface area (Å²) < 4.78 is 1.70. The number of piperazine rings is 1. The van der Waals surface area contributed by atoms with E-state index in [9.17, 15) is 9.59 Å². The number of hydrogen-bond donors (Lipinski definition) is 2. The number of aromatic nitrogens is 2. The van der Waals surface area contributed by atoms with Gasteiger partial charge in [0.15, 0.2) is 0 Å². The topological polar surface area (TPSA) is 79.3 Å². The number of hydrogen-bond acceptors (Lipinski definition) is 4. The first-order chi connectivity index (χ1) is 14.1. The van der Waals surface area contributed by atoms with Gasteiger partial charge in [-0.15, -0.1) is 0 Å². The van der Waals surface area contributed by atoms with E-state index >= 15 is 0 Å². The van der Waals surface area contributed by atoms with Gasteiger partial charge >= 0.3 is 0 Å². The predicted octanol–water partition coefficient (Wildman–Crippen LogP) is 1.58. The molecular formula is C22H25N5O2. The second-order valence-electron chi connectivity index (χ2n) is 7.42. The number of benzene rings is 2. The molecule has 1 fully saturated rings. The highest BCUT2D eigenvalue weighted by atomic mass is 16.2. The maximum atomic E-state index is 12.5. The Labute approximate surface area is 169 Å². The van der Waals surface area contributed by atoms with Gasteiger partial charge in [0.25, 0.3) is 0 Å². The van der Waals surface area contributed by atoms with Crippen LogP contribution in [0.2, 0.25) is 0 Å². The van der Waals surface area contributed by atoms with E-state index in [2.05, 4.69) is 44.9 Å². The van der Waals surface area contributed by atoms with E-state index < -0.39 is 6.04 Å². The molecule has 4 rings (SSSR count). The molecule has 0 bridgehead atoms. The van der Waals surface area contributed by atoms with Crippen molar-refractivity contribution in [3.8, 4) is 0 Å². The average molecular weight is 391 g/mol. The molecule has 1 atom stereocenters. The van der Waals surface area contributed by atoms with Crippen LogP contribution in [0, 0.1) is 0 Å². The maximum absolute atomic E-state index is 12.5. The van der Waals surface area contributed by atoms with Gasteiger partial charge in [0.1, 0.15) is 0 Å². The Kier molecular flexibility index (Phi) is 5.57. The highest BCUT2D eigenvalue weighted by Crippen LogP contribution is 2.22. The van der Waals surface area contributed by atoms with Gasteiger partial charge in [-0.2, -0.15) is 5.10 Å². The van der Waals surface area contributed by atoms with Crippen molar-refractivity contribution in [1.29, 1.82) is 0 Å². The summed E-state index contributed by atoms with van der Waals surface area (Å²) in [5, 5.41) is 12.2. The van der Waals surface area contributed by atoms with E-state index in [0.717, 1.165) is 12.1 Å². The summed E-state index contributed by atoms with van der Waals surface area (Å²) in [6.45, 7) is 2.35. The molecule has 0 radical (unpaired) electrons. The monoisotopic (exact) mass is 391 g/mol. The summed E-state index contributed by atoms with van der Waals surface area (Å²) >= 11 is 0. The molecule has 0 aliphatic carbocycles. The Morgan fingerprint density at radius 3 is 2.90 bits per heavy atom. The number of fused-ring (bicyclic) bond motifs is 1. The van der Waals surface area contributed by atoms with Crippen molar-refractivity contribution in [2.24, 2.45) is 7.05 Å². The third kappa shape index (κ3) is 4.46. The van der Waals surface area contributed by atoms with Crippen LogP contribution in [0.4, 0.5) is 0 Å². The SMILES string of the molecule is Cn1cc(CNC(=O)CC2C(=O)NCCN2Cc2cccc3ccccc23)cn1. The van der Waals surface area contributed by atoms with Gasteiger partial charge in [0.2, 0.25) is 11.8 Å². The molecule has 1 aliphatic heterocycles. The van der Waals surface area contributed by atoms with Gasteiger partial charge in [0.05, 0.1) is 18.7 Å². The van der Waals surface area contributed by atoms with Crippen molar-refractivity contribution in [1.82, 2.24) is 25.3 Å². The molecule has 1 saturated heterocycles. The first-order valence-corrected chi connectivity index (χ1v) is 9.83. The minimum Gasteiger partial charge on any atom is -0.353 e. The molecule has 2 N–H and O–H groups in total. The summed E-state index contributed by atoms with van der Waals surface area (Å²) in [5.74, 6) is -0.230. The highest BCUT2D eigenvalue weighted by Gasteiger charge is 2.31. The maximum Gasteiger partial charge on any atom is 0.237 e. The van der Waals surface area contributed by atoms with Gasteiger partial charge in [-0.25, -0.2) is 0 Å². The molecule has 1 aliphatic rings. The lowest BCUT2D eigenvalue weighted by molar-refractivity contribution is -0.134. The zero-order valence-electron chi connectivity index (χ0n) is 16.5. The van der Waals surface area contributed by atoms with Crippen LogP contribution in [-0.4, -0.2) is 45.6 Å². The van der Waals surface area contributed by atoms with E-state index in [1.165, 1.54) is 16.3 Å². The fourth-order valence-electron chi connectivity index (χ4n) is 3.83. The smallest absolute Gasteiger partial charge is 0.237 e. The van der Waals surface area contributed by atoms with Crippen molar-refractivity contribution in [3.05, 3.63) is 66.0 Å². The second-order valence-corrected chi connectivity index (χ2v) is 7.42. The quantitative estimate of drug-likeness (QED) is 0.669. The molecule has 29 heavy (non-hydrogen) atoms. The molecule has 2 heterocycles. The normalized spacial score (nSPS) is 17.3. The van der Waals surface area contributed by atoms with Gasteiger partial charge in [0, 0.05) is 45.0 Å². The van der Waals surface area contributed by atoms with Gasteiger partial charge in [-0.1, -0.05) is 42.5 Å². The summed E-state index contributed by atoms with van der Waals surface area (Å²) in [4.78, 5) is 27.1. The molecule has 0 saturated carbocycles. The van der Waals surface area contributed by atoms with Crippen LogP contribution in [0.25, 0.3) is 10.8 Å². The van der Waals surface area contributed by atoms with Crippen LogP contribution in [0.15, 0.2) is 54.9 Å². The van der Waals surface area contributed by atoms with Crippen LogP contribution in [0.1, 0.15) is 17.5 Å². The lowest BCUT2D eigenvalue weighted by Gasteiger charge is -2.35. The molecule has 3 aromatic rings. The van der Waals surface area contributed by atoms with Crippen molar-refractivity contribution < 1.29 is 9.59 Å². The van der Waals surface area contributed by atoms with Crippen molar-refractivity contribution in [2.75, 3.05) is 13.1 Å². The van der Waals surface area contributed by atoms with Crippen LogP contribution in [0.5, 0.6) is 0 Å². The van der Waals surface area contributed by atoms with Gasteiger partial charge in [-0.05, 0) is 16.3 Å². The Morgan fingerprint density at radius 1 is 1.24 bits per heavy atom. The van der Waals surface area contributed by atoms with E-state index in [0.29, 0.717) is 19.6 Å². The average Bonchev–Trinajstić information content (AvgIpc) is 3.14. The first-order valence-electron chi connectivity index (χ1n) is 9.83. The third-order valence-corrected chi connectivity index (χ3v) is 5.32. The van der Waals surface area contributed by atoms with Crippen LogP contribution < -0.4 is 10.6 Å². The number of carbonyl (C=O) groups is 2. The standard InChI is InChI=1S/C22H25N5O2/c1-26-14-16(13-25-26)12-24-21(28)11-20-22(29)23-9-10-27(20)15-18-7-4-6-17-5-2-3-8-19(17)18/h2-8,13-14,20H,9-12,15H2,1H3,(H,23,29)(H,24,28). The fraction of sp³-hybridized carbons (Fsp3) is 0.318. The number of nitrogens with zero attached hydrogens (tertiary/aromatic N) is 3. The van der Waals surface area contributed by atoms with Crippen LogP contribution >= 0.6 is 0 Å². The lowest BCUT2D eigenvalue weighted by Crippen LogP contribution is -2.56. The molecule has 2 aromatic carbocycles. The fourth-order valence-corrected chi connectivity index (χ4v) is 3.83. The Morgan fingerprint density at radius 2 is 2.07 bits per heavy atom. The number of nitrogens with one attached hydrogen (secondary N) is 2. The Bertz CT molecular complexity index is 1020. The Hall–Kier alpha value is -3.19. The molecule has 0 spiro atoms. The number of rotatable bonds is 6. The van der Waals surface area contributed by atoms with E-state index in [1.54, 1.807) is 10.9 Å². The molecule has 2 amide bonds. The third-order valence-electron chi connectivity index (χ3n) is 5.32. The van der Waals surface area contributed by atoms with Gasteiger partial charge in [-0.3, -0.25) is 19.2 Å². The molecule has 1 aromatic heterocycles. The zero-order chi connectivity index (χ0) is 20.2. The number of aryl methyl sites for hydroxylation is 1. The summed E-state index contributed by atoms with van der Waals surface area (Å²) in [6, 6.07) is 14.0. The highest BCUT2D eigenvalue weighted by molar-refractivity contribution is 5.89. The summed E-state index contributed by atoms with van der Waals surface area (Å²) in [5.41, 5.74) is 2.10. The number of amides is 2. The summed E-state index contributed by atoms with van der Waals surface area (Å²) in [6.07, 6.45) is 3.72. The molecule has 7 heteroatoms. The predicted molar refractivity (Wildman–Crippen MR) is 111 cm³/mol. The van der Waals surface area contributed by atoms with E-state index in [-0.39, 0.29) is 18.2 Å².